The molecular weight excluding hydrogens is 288 g/mol. The SMILES string of the molecule is C[C@@H](NC(=O)CN1CCC(O)CC1)c1cccc2ccccc12. The molecule has 0 saturated carbocycles. The van der Waals surface area contributed by atoms with Gasteiger partial charge in [-0.25, -0.2) is 0 Å². The smallest absolute Gasteiger partial charge is 0.234 e. The summed E-state index contributed by atoms with van der Waals surface area (Å²) in [5.41, 5.74) is 1.14. The lowest BCUT2D eigenvalue weighted by Crippen LogP contribution is -2.43. The van der Waals surface area contributed by atoms with Crippen LogP contribution in [0.2, 0.25) is 0 Å². The highest BCUT2D eigenvalue weighted by molar-refractivity contribution is 5.87. The fourth-order valence-corrected chi connectivity index (χ4v) is 3.27. The maximum atomic E-state index is 12.3. The number of rotatable bonds is 4. The third-order valence-electron chi connectivity index (χ3n) is 4.59. The summed E-state index contributed by atoms with van der Waals surface area (Å²) in [4.78, 5) is 14.4. The predicted octanol–water partition coefficient (Wildman–Crippen LogP) is 2.47. The molecule has 1 amide bonds. The molecule has 0 radical (unpaired) electrons. The molecule has 4 heteroatoms. The molecule has 1 aliphatic heterocycles. The Kier molecular flexibility index (Phi) is 4.94. The van der Waals surface area contributed by atoms with E-state index in [1.165, 1.54) is 10.8 Å². The van der Waals surface area contributed by atoms with Crippen LogP contribution in [-0.4, -0.2) is 41.7 Å². The molecule has 1 aliphatic rings. The minimum atomic E-state index is -0.205. The van der Waals surface area contributed by atoms with E-state index in [1.54, 1.807) is 0 Å². The van der Waals surface area contributed by atoms with Crippen LogP contribution in [0.1, 0.15) is 31.4 Å². The molecule has 1 atom stereocenters. The minimum Gasteiger partial charge on any atom is -0.393 e. The van der Waals surface area contributed by atoms with Gasteiger partial charge in [0.05, 0.1) is 18.7 Å². The molecule has 0 bridgehead atoms. The maximum Gasteiger partial charge on any atom is 0.234 e. The Morgan fingerprint density at radius 1 is 1.22 bits per heavy atom. The molecule has 1 saturated heterocycles. The Balaban J connectivity index is 1.64. The normalized spacial score (nSPS) is 18.0. The second kappa shape index (κ2) is 7.11. The fourth-order valence-electron chi connectivity index (χ4n) is 3.27. The number of benzene rings is 2. The molecule has 122 valence electrons. The van der Waals surface area contributed by atoms with Gasteiger partial charge in [-0.3, -0.25) is 9.69 Å². The number of piperidine rings is 1. The molecule has 2 aromatic rings. The van der Waals surface area contributed by atoms with Crippen LogP contribution in [-0.2, 0) is 4.79 Å². The van der Waals surface area contributed by atoms with Gasteiger partial charge in [0, 0.05) is 13.1 Å². The van der Waals surface area contributed by atoms with E-state index in [1.807, 2.05) is 25.1 Å². The van der Waals surface area contributed by atoms with Crippen molar-refractivity contribution in [2.24, 2.45) is 0 Å². The first-order valence-electron chi connectivity index (χ1n) is 8.31. The first kappa shape index (κ1) is 16.0. The lowest BCUT2D eigenvalue weighted by Gasteiger charge is -2.29. The lowest BCUT2D eigenvalue weighted by molar-refractivity contribution is -0.123. The summed E-state index contributed by atoms with van der Waals surface area (Å²) in [5, 5.41) is 15.0. The Hall–Kier alpha value is -1.91. The summed E-state index contributed by atoms with van der Waals surface area (Å²) in [7, 11) is 0. The van der Waals surface area contributed by atoms with Crippen molar-refractivity contribution >= 4 is 16.7 Å². The fraction of sp³-hybridized carbons (Fsp3) is 0.421. The summed E-state index contributed by atoms with van der Waals surface area (Å²) in [6.45, 7) is 4.01. The monoisotopic (exact) mass is 312 g/mol. The molecular formula is C19H24N2O2. The van der Waals surface area contributed by atoms with Crippen molar-refractivity contribution in [3.05, 3.63) is 48.0 Å². The Bertz CT molecular complexity index is 673. The van der Waals surface area contributed by atoms with Crippen molar-refractivity contribution in [2.75, 3.05) is 19.6 Å². The highest BCUT2D eigenvalue weighted by atomic mass is 16.3. The van der Waals surface area contributed by atoms with Crippen LogP contribution >= 0.6 is 0 Å². The van der Waals surface area contributed by atoms with Crippen LogP contribution in [0.4, 0.5) is 0 Å². The summed E-state index contributed by atoms with van der Waals surface area (Å²) >= 11 is 0. The summed E-state index contributed by atoms with van der Waals surface area (Å²) in [6.07, 6.45) is 1.31. The molecule has 2 N–H and O–H groups in total. The molecule has 4 nitrogen and oxygen atoms in total. The topological polar surface area (TPSA) is 52.6 Å². The van der Waals surface area contributed by atoms with Gasteiger partial charge in [-0.2, -0.15) is 0 Å². The van der Waals surface area contributed by atoms with Crippen molar-refractivity contribution in [1.29, 1.82) is 0 Å². The van der Waals surface area contributed by atoms with E-state index in [9.17, 15) is 9.90 Å². The third kappa shape index (κ3) is 3.89. The van der Waals surface area contributed by atoms with E-state index in [2.05, 4.69) is 34.5 Å². The number of carbonyl (C=O) groups excluding carboxylic acids is 1. The van der Waals surface area contributed by atoms with Crippen LogP contribution in [0, 0.1) is 0 Å². The quantitative estimate of drug-likeness (QED) is 0.912. The second-order valence-electron chi connectivity index (χ2n) is 6.36. The molecule has 1 heterocycles. The number of hydrogen-bond acceptors (Lipinski definition) is 3. The van der Waals surface area contributed by atoms with Crippen molar-refractivity contribution in [2.45, 2.75) is 31.9 Å². The van der Waals surface area contributed by atoms with Crippen LogP contribution in [0.5, 0.6) is 0 Å². The highest BCUT2D eigenvalue weighted by Gasteiger charge is 2.20. The van der Waals surface area contributed by atoms with Gasteiger partial charge in [-0.1, -0.05) is 42.5 Å². The van der Waals surface area contributed by atoms with Gasteiger partial charge in [0.1, 0.15) is 0 Å². The van der Waals surface area contributed by atoms with E-state index < -0.39 is 0 Å². The molecule has 1 fully saturated rings. The number of carbonyl (C=O) groups is 1. The zero-order valence-corrected chi connectivity index (χ0v) is 13.5. The van der Waals surface area contributed by atoms with Gasteiger partial charge < -0.3 is 10.4 Å². The van der Waals surface area contributed by atoms with Gasteiger partial charge in [-0.05, 0) is 36.1 Å². The number of nitrogens with one attached hydrogen (secondary N) is 1. The zero-order valence-electron chi connectivity index (χ0n) is 13.5. The van der Waals surface area contributed by atoms with E-state index in [4.69, 9.17) is 0 Å². The minimum absolute atomic E-state index is 0.0241. The standard InChI is InChI=1S/C19H24N2O2/c1-14(17-8-4-6-15-5-2-3-7-18(15)17)20-19(23)13-21-11-9-16(22)10-12-21/h2-8,14,16,22H,9-13H2,1H3,(H,20,23)/t14-/m1/s1. The van der Waals surface area contributed by atoms with Crippen molar-refractivity contribution in [3.8, 4) is 0 Å². The second-order valence-corrected chi connectivity index (χ2v) is 6.36. The highest BCUT2D eigenvalue weighted by Crippen LogP contribution is 2.24. The third-order valence-corrected chi connectivity index (χ3v) is 4.59. The summed E-state index contributed by atoms with van der Waals surface area (Å²) in [5.74, 6) is 0.0434. The first-order valence-corrected chi connectivity index (χ1v) is 8.31. The molecule has 0 unspecified atom stereocenters. The zero-order chi connectivity index (χ0) is 16.2. The maximum absolute atomic E-state index is 12.3. The molecule has 3 rings (SSSR count). The molecule has 0 aliphatic carbocycles. The summed E-state index contributed by atoms with van der Waals surface area (Å²) in [6, 6.07) is 14.4. The Morgan fingerprint density at radius 2 is 1.91 bits per heavy atom. The van der Waals surface area contributed by atoms with Crippen LogP contribution in [0.15, 0.2) is 42.5 Å². The number of fused-ring (bicyclic) bond motifs is 1. The largest absolute Gasteiger partial charge is 0.393 e. The van der Waals surface area contributed by atoms with Gasteiger partial charge in [0.15, 0.2) is 0 Å². The van der Waals surface area contributed by atoms with Crippen LogP contribution < -0.4 is 5.32 Å². The number of hydrogen-bond donors (Lipinski definition) is 2. The van der Waals surface area contributed by atoms with E-state index in [0.29, 0.717) is 6.54 Å². The number of nitrogens with zero attached hydrogens (tertiary/aromatic N) is 1. The van der Waals surface area contributed by atoms with E-state index in [-0.39, 0.29) is 18.1 Å². The van der Waals surface area contributed by atoms with Gasteiger partial charge in [-0.15, -0.1) is 0 Å². The van der Waals surface area contributed by atoms with Crippen molar-refractivity contribution < 1.29 is 9.90 Å². The molecule has 0 spiro atoms. The van der Waals surface area contributed by atoms with Crippen LogP contribution in [0.25, 0.3) is 10.8 Å². The number of amides is 1. The van der Waals surface area contributed by atoms with E-state index in [0.717, 1.165) is 31.5 Å². The number of aliphatic hydroxyl groups excluding tert-OH is 1. The molecule has 23 heavy (non-hydrogen) atoms. The first-order chi connectivity index (χ1) is 11.1. The summed E-state index contributed by atoms with van der Waals surface area (Å²) < 4.78 is 0. The molecule has 2 aromatic carbocycles. The average molecular weight is 312 g/mol. The number of aliphatic hydroxyl groups is 1. The lowest BCUT2D eigenvalue weighted by atomic mass is 9.99. The van der Waals surface area contributed by atoms with Crippen LogP contribution in [0.3, 0.4) is 0 Å². The van der Waals surface area contributed by atoms with Gasteiger partial charge >= 0.3 is 0 Å². The van der Waals surface area contributed by atoms with Crippen molar-refractivity contribution in [3.63, 3.8) is 0 Å². The van der Waals surface area contributed by atoms with E-state index >= 15 is 0 Å². The Labute approximate surface area is 137 Å². The van der Waals surface area contributed by atoms with Gasteiger partial charge in [0.2, 0.25) is 5.91 Å². The average Bonchev–Trinajstić information content (AvgIpc) is 2.56. The Morgan fingerprint density at radius 3 is 2.70 bits per heavy atom. The predicted molar refractivity (Wildman–Crippen MR) is 92.2 cm³/mol. The number of likely N-dealkylation sites (tertiary alicyclic amines) is 1. The van der Waals surface area contributed by atoms with Gasteiger partial charge in [0.25, 0.3) is 0 Å². The van der Waals surface area contributed by atoms with Crippen molar-refractivity contribution in [1.82, 2.24) is 10.2 Å². The molecule has 0 aromatic heterocycles.